The minimum Gasteiger partial charge on any atom is -0.323 e. The molecule has 0 radical (unpaired) electrons. The molecule has 2 heterocycles. The molecule has 1 amide bonds. The number of anilines is 1. The molecule has 0 fully saturated rings. The second-order valence-electron chi connectivity index (χ2n) is 5.27. The molecule has 0 aliphatic carbocycles. The number of hydrogen-bond donors (Lipinski definition) is 1. The fourth-order valence-corrected chi connectivity index (χ4v) is 2.61. The van der Waals surface area contributed by atoms with Gasteiger partial charge in [0.15, 0.2) is 17.5 Å². The second-order valence-corrected chi connectivity index (χ2v) is 5.67. The van der Waals surface area contributed by atoms with Crippen molar-refractivity contribution < 1.29 is 9.59 Å². The molecule has 0 saturated heterocycles. The Hall–Kier alpha value is -2.80. The van der Waals surface area contributed by atoms with Crippen LogP contribution >= 0.6 is 11.6 Å². The van der Waals surface area contributed by atoms with Gasteiger partial charge >= 0.3 is 0 Å². The van der Waals surface area contributed by atoms with Crippen LogP contribution in [0.15, 0.2) is 36.9 Å². The van der Waals surface area contributed by atoms with Crippen molar-refractivity contribution in [3.8, 4) is 0 Å². The van der Waals surface area contributed by atoms with Crippen molar-refractivity contribution in [2.24, 2.45) is 0 Å². The highest BCUT2D eigenvalue weighted by Crippen LogP contribution is 2.24. The van der Waals surface area contributed by atoms with Crippen LogP contribution in [0.25, 0.3) is 11.2 Å². The molecule has 1 atom stereocenters. The minimum absolute atomic E-state index is 0.338. The maximum atomic E-state index is 12.7. The highest BCUT2D eigenvalue weighted by atomic mass is 35.5. The van der Waals surface area contributed by atoms with E-state index < -0.39 is 11.9 Å². The van der Waals surface area contributed by atoms with Gasteiger partial charge in [-0.2, -0.15) is 0 Å². The molecule has 0 aliphatic rings. The minimum atomic E-state index is -1.10. The summed E-state index contributed by atoms with van der Waals surface area (Å²) in [6.45, 7) is 7.13. The molecular formula is C18H20ClN5O2. The number of rotatable bonds is 4. The van der Waals surface area contributed by atoms with Crippen LogP contribution in [0.3, 0.4) is 0 Å². The predicted molar refractivity (Wildman–Crippen MR) is 101 cm³/mol. The fourth-order valence-electron chi connectivity index (χ4n) is 2.43. The van der Waals surface area contributed by atoms with Crippen LogP contribution in [-0.2, 0) is 9.59 Å². The lowest BCUT2D eigenvalue weighted by Crippen LogP contribution is -2.31. The average molecular weight is 374 g/mol. The molecule has 7 nitrogen and oxygen atoms in total. The van der Waals surface area contributed by atoms with E-state index in [-0.39, 0.29) is 5.78 Å². The molecule has 8 heteroatoms. The summed E-state index contributed by atoms with van der Waals surface area (Å²) in [5.41, 5.74) is 2.09. The fraction of sp³-hybridized carbons (Fsp3) is 0.278. The third-order valence-electron chi connectivity index (χ3n) is 3.59. The van der Waals surface area contributed by atoms with Gasteiger partial charge in [0.05, 0.1) is 22.7 Å². The number of hydrogen-bond acceptors (Lipinski definition) is 5. The quantitative estimate of drug-likeness (QED) is 0.706. The first-order valence-corrected chi connectivity index (χ1v) is 8.57. The van der Waals surface area contributed by atoms with Crippen molar-refractivity contribution in [1.29, 1.82) is 0 Å². The molecule has 3 rings (SSSR count). The largest absolute Gasteiger partial charge is 0.323 e. The van der Waals surface area contributed by atoms with Crippen LogP contribution in [0, 0.1) is 6.92 Å². The van der Waals surface area contributed by atoms with Gasteiger partial charge in [-0.1, -0.05) is 37.6 Å². The Kier molecular flexibility index (Phi) is 6.41. The smallest absolute Gasteiger partial charge is 0.255 e. The van der Waals surface area contributed by atoms with Crippen LogP contribution in [-0.4, -0.2) is 31.2 Å². The third-order valence-corrected chi connectivity index (χ3v) is 3.91. The number of nitrogens with one attached hydrogen (secondary N) is 1. The molecule has 1 unspecified atom stereocenters. The van der Waals surface area contributed by atoms with Gasteiger partial charge < -0.3 is 5.32 Å². The number of aromatic nitrogens is 4. The summed E-state index contributed by atoms with van der Waals surface area (Å²) in [4.78, 5) is 37.2. The summed E-state index contributed by atoms with van der Waals surface area (Å²) in [5, 5.41) is 3.07. The van der Waals surface area contributed by atoms with Crippen LogP contribution in [0.1, 0.15) is 32.5 Å². The number of halogens is 1. The summed E-state index contributed by atoms with van der Waals surface area (Å²) < 4.78 is 1.44. The number of para-hydroxylation sites is 1. The van der Waals surface area contributed by atoms with Crippen molar-refractivity contribution in [3.05, 3.63) is 47.6 Å². The first-order valence-electron chi connectivity index (χ1n) is 8.19. The zero-order valence-electron chi connectivity index (χ0n) is 15.0. The number of amides is 1. The van der Waals surface area contributed by atoms with Crippen molar-refractivity contribution in [1.82, 2.24) is 19.5 Å². The number of nitrogens with zero attached hydrogens (tertiary/aromatic N) is 4. The van der Waals surface area contributed by atoms with Crippen LogP contribution < -0.4 is 5.32 Å². The Bertz CT molecular complexity index is 938. The number of imidazole rings is 1. The second kappa shape index (κ2) is 8.53. The molecular weight excluding hydrogens is 354 g/mol. The molecule has 2 aromatic heterocycles. The molecule has 0 bridgehead atoms. The van der Waals surface area contributed by atoms with Crippen molar-refractivity contribution in [3.63, 3.8) is 0 Å². The first-order chi connectivity index (χ1) is 12.5. The van der Waals surface area contributed by atoms with Crippen LogP contribution in [0.5, 0.6) is 0 Å². The molecule has 136 valence electrons. The molecule has 0 saturated carbocycles. The van der Waals surface area contributed by atoms with Gasteiger partial charge in [0.1, 0.15) is 11.8 Å². The summed E-state index contributed by atoms with van der Waals surface area (Å²) >= 11 is 6.05. The lowest BCUT2D eigenvalue weighted by molar-refractivity contribution is -0.128. The highest BCUT2D eigenvalue weighted by Gasteiger charge is 2.28. The summed E-state index contributed by atoms with van der Waals surface area (Å²) in [6.07, 6.45) is 2.80. The molecule has 1 aromatic carbocycles. The third kappa shape index (κ3) is 3.88. The van der Waals surface area contributed by atoms with Gasteiger partial charge in [0.25, 0.3) is 5.91 Å². The molecule has 1 N–H and O–H groups in total. The standard InChI is InChI=1S/C16H14ClN5O2.C2H6/c1-9-13-15(19-7-18-9)22(8-20-13)14(10(2)23)16(24)21-12-6-4-3-5-11(12)17;1-2/h3-8,14H,1-2H3,(H,21,24);1-2H3. The number of ketones is 1. The lowest BCUT2D eigenvalue weighted by atomic mass is 10.1. The number of Topliss-reactive ketones (excluding diaryl/α,β-unsaturated/α-hetero) is 1. The highest BCUT2D eigenvalue weighted by molar-refractivity contribution is 6.33. The van der Waals surface area contributed by atoms with Gasteiger partial charge in [-0.05, 0) is 26.0 Å². The average Bonchev–Trinajstić information content (AvgIpc) is 3.04. The maximum Gasteiger partial charge on any atom is 0.255 e. The number of carbonyl (C=O) groups excluding carboxylic acids is 2. The van der Waals surface area contributed by atoms with Gasteiger partial charge in [0, 0.05) is 0 Å². The number of aryl methyl sites for hydroxylation is 1. The van der Waals surface area contributed by atoms with E-state index in [1.165, 1.54) is 24.1 Å². The number of carbonyl (C=O) groups is 2. The van der Waals surface area contributed by atoms with Crippen molar-refractivity contribution >= 4 is 40.1 Å². The van der Waals surface area contributed by atoms with Crippen LogP contribution in [0.2, 0.25) is 5.02 Å². The summed E-state index contributed by atoms with van der Waals surface area (Å²) in [7, 11) is 0. The van der Waals surface area contributed by atoms with E-state index in [1.807, 2.05) is 13.8 Å². The molecule has 3 aromatic rings. The van der Waals surface area contributed by atoms with Gasteiger partial charge in [-0.15, -0.1) is 0 Å². The molecule has 0 aliphatic heterocycles. The van der Waals surface area contributed by atoms with Gasteiger partial charge in [-0.25, -0.2) is 15.0 Å². The van der Waals surface area contributed by atoms with E-state index in [4.69, 9.17) is 11.6 Å². The Morgan fingerprint density at radius 2 is 1.85 bits per heavy atom. The zero-order chi connectivity index (χ0) is 19.3. The van der Waals surface area contributed by atoms with Gasteiger partial charge in [-0.3, -0.25) is 14.2 Å². The van der Waals surface area contributed by atoms with Crippen molar-refractivity contribution in [2.75, 3.05) is 5.32 Å². The maximum absolute atomic E-state index is 12.7. The number of benzene rings is 1. The monoisotopic (exact) mass is 373 g/mol. The van der Waals surface area contributed by atoms with Crippen molar-refractivity contribution in [2.45, 2.75) is 33.7 Å². The Morgan fingerprint density at radius 3 is 2.50 bits per heavy atom. The van der Waals surface area contributed by atoms with Crippen LogP contribution in [0.4, 0.5) is 5.69 Å². The van der Waals surface area contributed by atoms with E-state index in [0.717, 1.165) is 0 Å². The van der Waals surface area contributed by atoms with E-state index >= 15 is 0 Å². The lowest BCUT2D eigenvalue weighted by Gasteiger charge is -2.16. The van der Waals surface area contributed by atoms with Gasteiger partial charge in [0.2, 0.25) is 0 Å². The molecule has 0 spiro atoms. The van der Waals surface area contributed by atoms with E-state index in [1.54, 1.807) is 31.2 Å². The summed E-state index contributed by atoms with van der Waals surface area (Å²) in [5.74, 6) is -0.846. The number of fused-ring (bicyclic) bond motifs is 1. The van der Waals surface area contributed by atoms with E-state index in [2.05, 4.69) is 20.3 Å². The van der Waals surface area contributed by atoms with E-state index in [9.17, 15) is 9.59 Å². The molecule has 26 heavy (non-hydrogen) atoms. The predicted octanol–water partition coefficient (Wildman–Crippen LogP) is 3.58. The Balaban J connectivity index is 0.00000117. The summed E-state index contributed by atoms with van der Waals surface area (Å²) in [6, 6.07) is 5.72. The normalized spacial score (nSPS) is 11.4. The Labute approximate surface area is 156 Å². The zero-order valence-corrected chi connectivity index (χ0v) is 15.8. The SMILES string of the molecule is CC.CC(=O)C(C(=O)Nc1ccccc1Cl)n1cnc2c(C)ncnc21. The first kappa shape index (κ1) is 19.5. The van der Waals surface area contributed by atoms with E-state index in [0.29, 0.717) is 27.6 Å². The Morgan fingerprint density at radius 1 is 1.15 bits per heavy atom. The topological polar surface area (TPSA) is 89.8 Å².